The lowest BCUT2D eigenvalue weighted by Crippen LogP contribution is -2.34. The van der Waals surface area contributed by atoms with E-state index >= 15 is 0 Å². The number of benzene rings is 1. The Balaban J connectivity index is 1.83. The molecule has 0 aliphatic carbocycles. The molecule has 1 saturated heterocycles. The van der Waals surface area contributed by atoms with Gasteiger partial charge in [-0.1, -0.05) is 18.1 Å². The maximum atomic E-state index is 12.2. The van der Waals surface area contributed by atoms with E-state index in [0.29, 0.717) is 25.2 Å². The smallest absolute Gasteiger partial charge is 0.283 e. The van der Waals surface area contributed by atoms with E-state index in [4.69, 9.17) is 0 Å². The third-order valence-electron chi connectivity index (χ3n) is 4.74. The maximum Gasteiger partial charge on any atom is 0.283 e. The van der Waals surface area contributed by atoms with Crippen LogP contribution in [-0.2, 0) is 16.1 Å². The molecular weight excluding hydrogens is 332 g/mol. The van der Waals surface area contributed by atoms with Crippen LogP contribution in [0.5, 0.6) is 5.88 Å². The average Bonchev–Trinajstić information content (AvgIpc) is 2.73. The van der Waals surface area contributed by atoms with Crippen LogP contribution >= 0.6 is 0 Å². The number of likely N-dealkylation sites (tertiary alicyclic amines) is 1. The summed E-state index contributed by atoms with van der Waals surface area (Å²) >= 11 is 0. The predicted molar refractivity (Wildman–Crippen MR) is 98.6 cm³/mol. The summed E-state index contributed by atoms with van der Waals surface area (Å²) in [6, 6.07) is 5.80. The third-order valence-corrected chi connectivity index (χ3v) is 4.74. The second-order valence-corrected chi connectivity index (χ2v) is 6.66. The summed E-state index contributed by atoms with van der Waals surface area (Å²) in [6.45, 7) is 4.98. The lowest BCUT2D eigenvalue weighted by Gasteiger charge is -2.17. The van der Waals surface area contributed by atoms with Crippen LogP contribution in [0.2, 0.25) is 0 Å². The molecule has 0 spiro atoms. The van der Waals surface area contributed by atoms with E-state index < -0.39 is 5.91 Å². The summed E-state index contributed by atoms with van der Waals surface area (Å²) in [4.78, 5) is 25.7. The lowest BCUT2D eigenvalue weighted by molar-refractivity contribution is -0.134. The first kappa shape index (κ1) is 18.1. The Morgan fingerprint density at radius 2 is 2.08 bits per heavy atom. The zero-order chi connectivity index (χ0) is 18.7. The number of azo groups is 1. The molecule has 0 bridgehead atoms. The molecule has 1 aliphatic rings. The van der Waals surface area contributed by atoms with E-state index in [1.807, 2.05) is 32.0 Å². The highest BCUT2D eigenvalue weighted by Crippen LogP contribution is 2.39. The van der Waals surface area contributed by atoms with Crippen molar-refractivity contribution in [2.24, 2.45) is 10.2 Å². The summed E-state index contributed by atoms with van der Waals surface area (Å²) < 4.78 is 1.73. The molecule has 0 unspecified atom stereocenters. The summed E-state index contributed by atoms with van der Waals surface area (Å²) in [5.41, 5.74) is 2.17. The van der Waals surface area contributed by atoms with E-state index in [1.54, 1.807) is 9.47 Å². The fourth-order valence-corrected chi connectivity index (χ4v) is 3.36. The van der Waals surface area contributed by atoms with Crippen molar-refractivity contribution < 1.29 is 14.7 Å². The van der Waals surface area contributed by atoms with Gasteiger partial charge < -0.3 is 14.6 Å². The number of hydrogen-bond acceptors (Lipinski definition) is 4. The zero-order valence-corrected chi connectivity index (χ0v) is 15.2. The van der Waals surface area contributed by atoms with Crippen molar-refractivity contribution in [3.63, 3.8) is 0 Å². The van der Waals surface area contributed by atoms with Gasteiger partial charge in [0.25, 0.3) is 5.91 Å². The van der Waals surface area contributed by atoms with Gasteiger partial charge in [-0.25, -0.2) is 0 Å². The van der Waals surface area contributed by atoms with Gasteiger partial charge in [0.2, 0.25) is 11.8 Å². The SMILES string of the molecule is CCn1c(O)c(N=NC(=O)CN2CCCCCC2=O)c2cc(C)ccc21. The van der Waals surface area contributed by atoms with Crippen molar-refractivity contribution in [1.29, 1.82) is 0 Å². The minimum Gasteiger partial charge on any atom is -0.493 e. The third kappa shape index (κ3) is 3.61. The Bertz CT molecular complexity index is 869. The number of amides is 2. The molecule has 7 nitrogen and oxygen atoms in total. The molecule has 1 aromatic carbocycles. The highest BCUT2D eigenvalue weighted by atomic mass is 16.3. The van der Waals surface area contributed by atoms with Crippen molar-refractivity contribution in [1.82, 2.24) is 9.47 Å². The number of nitrogens with zero attached hydrogens (tertiary/aromatic N) is 4. The van der Waals surface area contributed by atoms with Gasteiger partial charge in [0.1, 0.15) is 6.54 Å². The number of aryl methyl sites for hydroxylation is 2. The molecule has 7 heteroatoms. The number of carbonyl (C=O) groups is 2. The molecule has 138 valence electrons. The minimum absolute atomic E-state index is 0.00417. The Labute approximate surface area is 152 Å². The van der Waals surface area contributed by atoms with Gasteiger partial charge in [0.05, 0.1) is 5.52 Å². The normalized spacial score (nSPS) is 15.8. The lowest BCUT2D eigenvalue weighted by atomic mass is 10.1. The van der Waals surface area contributed by atoms with Crippen molar-refractivity contribution in [3.8, 4) is 5.88 Å². The topological polar surface area (TPSA) is 87.3 Å². The van der Waals surface area contributed by atoms with E-state index in [0.717, 1.165) is 35.7 Å². The first-order valence-corrected chi connectivity index (χ1v) is 9.05. The van der Waals surface area contributed by atoms with E-state index in [1.165, 1.54) is 0 Å². The van der Waals surface area contributed by atoms with Gasteiger partial charge in [0.15, 0.2) is 5.69 Å². The Hall–Kier alpha value is -2.70. The van der Waals surface area contributed by atoms with Gasteiger partial charge in [-0.15, -0.1) is 10.2 Å². The summed E-state index contributed by atoms with van der Waals surface area (Å²) in [5.74, 6) is -0.493. The van der Waals surface area contributed by atoms with E-state index in [-0.39, 0.29) is 18.3 Å². The number of fused-ring (bicyclic) bond motifs is 1. The number of aromatic hydroxyl groups is 1. The number of aromatic nitrogens is 1. The number of hydrogen-bond donors (Lipinski definition) is 1. The molecule has 1 aromatic heterocycles. The second kappa shape index (κ2) is 7.68. The largest absolute Gasteiger partial charge is 0.493 e. The number of rotatable bonds is 4. The van der Waals surface area contributed by atoms with Crippen LogP contribution in [0.25, 0.3) is 10.9 Å². The Kier molecular flexibility index (Phi) is 5.35. The van der Waals surface area contributed by atoms with Crippen molar-refractivity contribution >= 4 is 28.4 Å². The second-order valence-electron chi connectivity index (χ2n) is 6.66. The fraction of sp³-hybridized carbons (Fsp3) is 0.474. The van der Waals surface area contributed by atoms with Crippen molar-refractivity contribution in [3.05, 3.63) is 23.8 Å². The zero-order valence-electron chi connectivity index (χ0n) is 15.2. The van der Waals surface area contributed by atoms with Crippen LogP contribution in [0.1, 0.15) is 38.2 Å². The molecule has 0 saturated carbocycles. The first-order chi connectivity index (χ1) is 12.5. The molecule has 0 atom stereocenters. The van der Waals surface area contributed by atoms with Crippen LogP contribution in [0.4, 0.5) is 5.69 Å². The Morgan fingerprint density at radius 3 is 2.85 bits per heavy atom. The fourth-order valence-electron chi connectivity index (χ4n) is 3.36. The van der Waals surface area contributed by atoms with E-state index in [2.05, 4.69) is 10.2 Å². The van der Waals surface area contributed by atoms with Crippen LogP contribution in [0.15, 0.2) is 28.4 Å². The van der Waals surface area contributed by atoms with Crippen molar-refractivity contribution in [2.75, 3.05) is 13.1 Å². The molecule has 2 amide bonds. The maximum absolute atomic E-state index is 12.2. The molecule has 3 rings (SSSR count). The van der Waals surface area contributed by atoms with Crippen LogP contribution in [-0.4, -0.2) is 39.5 Å². The van der Waals surface area contributed by atoms with Crippen LogP contribution < -0.4 is 0 Å². The number of carbonyl (C=O) groups excluding carboxylic acids is 2. The van der Waals surface area contributed by atoms with Gasteiger partial charge in [-0.05, 0) is 38.8 Å². The first-order valence-electron chi connectivity index (χ1n) is 9.05. The Morgan fingerprint density at radius 1 is 1.27 bits per heavy atom. The molecular formula is C19H24N4O3. The van der Waals surface area contributed by atoms with Crippen LogP contribution in [0.3, 0.4) is 0 Å². The molecule has 0 radical (unpaired) electrons. The highest BCUT2D eigenvalue weighted by molar-refractivity contribution is 5.96. The van der Waals surface area contributed by atoms with Gasteiger partial charge in [-0.3, -0.25) is 9.59 Å². The monoisotopic (exact) mass is 356 g/mol. The standard InChI is InChI=1S/C19H24N4O3/c1-3-23-15-9-8-13(2)11-14(15)18(19(23)26)21-20-16(24)12-22-10-6-4-5-7-17(22)25/h8-9,11,26H,3-7,10,12H2,1-2H3. The molecule has 26 heavy (non-hydrogen) atoms. The molecule has 2 aromatic rings. The van der Waals surface area contributed by atoms with Crippen molar-refractivity contribution in [2.45, 2.75) is 46.1 Å². The molecule has 1 N–H and O–H groups in total. The van der Waals surface area contributed by atoms with Gasteiger partial charge >= 0.3 is 0 Å². The highest BCUT2D eigenvalue weighted by Gasteiger charge is 2.20. The summed E-state index contributed by atoms with van der Waals surface area (Å²) in [6.07, 6.45) is 3.26. The van der Waals surface area contributed by atoms with Crippen LogP contribution in [0, 0.1) is 6.92 Å². The van der Waals surface area contributed by atoms with Gasteiger partial charge in [0, 0.05) is 24.9 Å². The average molecular weight is 356 g/mol. The quantitative estimate of drug-likeness (QED) is 0.848. The predicted octanol–water partition coefficient (Wildman–Crippen LogP) is 3.69. The van der Waals surface area contributed by atoms with E-state index in [9.17, 15) is 14.7 Å². The van der Waals surface area contributed by atoms with Gasteiger partial charge in [-0.2, -0.15) is 0 Å². The summed E-state index contributed by atoms with van der Waals surface area (Å²) in [7, 11) is 0. The molecule has 1 fully saturated rings. The molecule has 2 heterocycles. The summed E-state index contributed by atoms with van der Waals surface area (Å²) in [5, 5.41) is 19.0. The minimum atomic E-state index is -0.482. The molecule has 1 aliphatic heterocycles.